The maximum Gasteiger partial charge on any atom is 0.232 e. The Kier molecular flexibility index (Phi) is 7.13. The van der Waals surface area contributed by atoms with Crippen LogP contribution >= 0.6 is 0 Å². The fourth-order valence-electron chi connectivity index (χ4n) is 3.95. The number of hydrogen-bond donors (Lipinski definition) is 2. The minimum absolute atomic E-state index is 0.179. The molecular formula is C22H29N7O3S. The van der Waals surface area contributed by atoms with Crippen LogP contribution in [0.15, 0.2) is 36.7 Å². The molecule has 0 amide bonds. The Hall–Kier alpha value is -2.73. The van der Waals surface area contributed by atoms with Gasteiger partial charge in [0.25, 0.3) is 0 Å². The van der Waals surface area contributed by atoms with Crippen LogP contribution in [0.4, 0.5) is 17.6 Å². The molecule has 1 aliphatic heterocycles. The molecule has 3 heterocycles. The van der Waals surface area contributed by atoms with E-state index >= 15 is 0 Å². The molecule has 1 fully saturated rings. The number of nitrogens with zero attached hydrogens (tertiary/aromatic N) is 7. The van der Waals surface area contributed by atoms with Gasteiger partial charge in [-0.3, -0.25) is 4.90 Å². The van der Waals surface area contributed by atoms with Gasteiger partial charge in [-0.15, -0.1) is 0 Å². The van der Waals surface area contributed by atoms with Crippen LogP contribution in [0.1, 0.15) is 19.4 Å². The average Bonchev–Trinajstić information content (AvgIpc) is 2.79. The van der Waals surface area contributed by atoms with Crippen molar-refractivity contribution in [3.8, 4) is 0 Å². The Balaban J connectivity index is 1.84. The molecule has 2 atom stereocenters. The van der Waals surface area contributed by atoms with Gasteiger partial charge < -0.3 is 24.6 Å². The summed E-state index contributed by atoms with van der Waals surface area (Å²) < 4.78 is 11.9. The summed E-state index contributed by atoms with van der Waals surface area (Å²) in [5.74, 6) is 2.46. The quantitative estimate of drug-likeness (QED) is 0.382. The second-order valence-electron chi connectivity index (χ2n) is 8.09. The van der Waals surface area contributed by atoms with Crippen molar-refractivity contribution < 1.29 is 14.8 Å². The molecule has 11 heteroatoms. The van der Waals surface area contributed by atoms with Crippen LogP contribution in [0.2, 0.25) is 0 Å². The van der Waals surface area contributed by atoms with Crippen LogP contribution < -0.4 is 14.7 Å². The Morgan fingerprint density at radius 2 is 1.70 bits per heavy atom. The van der Waals surface area contributed by atoms with E-state index in [1.807, 2.05) is 47.2 Å². The SMILES string of the molecule is CC(O)N(c1nc(N2CC[S+]([O-])CC2)c2ncnc(N(C)Cc3ccccc3)c2n1)C(C)O. The van der Waals surface area contributed by atoms with Crippen molar-refractivity contribution in [3.63, 3.8) is 0 Å². The highest BCUT2D eigenvalue weighted by Gasteiger charge is 2.28. The molecule has 0 spiro atoms. The summed E-state index contributed by atoms with van der Waals surface area (Å²) in [4.78, 5) is 23.7. The topological polar surface area (TPSA) is 125 Å². The Labute approximate surface area is 196 Å². The highest BCUT2D eigenvalue weighted by molar-refractivity contribution is 7.91. The van der Waals surface area contributed by atoms with Crippen LogP contribution in [0.25, 0.3) is 11.0 Å². The van der Waals surface area contributed by atoms with Crippen molar-refractivity contribution >= 4 is 39.8 Å². The molecule has 3 aromatic rings. The maximum atomic E-state index is 11.9. The van der Waals surface area contributed by atoms with Crippen molar-refractivity contribution in [3.05, 3.63) is 42.2 Å². The van der Waals surface area contributed by atoms with Crippen LogP contribution in [0, 0.1) is 0 Å². The summed E-state index contributed by atoms with van der Waals surface area (Å²) in [5, 5.41) is 20.6. The molecule has 1 aliphatic rings. The summed E-state index contributed by atoms with van der Waals surface area (Å²) >= 11 is -0.848. The van der Waals surface area contributed by atoms with Gasteiger partial charge >= 0.3 is 0 Å². The fourth-order valence-corrected chi connectivity index (χ4v) is 5.00. The molecule has 33 heavy (non-hydrogen) atoms. The van der Waals surface area contributed by atoms with Gasteiger partial charge in [0, 0.05) is 13.6 Å². The predicted molar refractivity (Wildman–Crippen MR) is 130 cm³/mol. The van der Waals surface area contributed by atoms with E-state index in [-0.39, 0.29) is 5.95 Å². The summed E-state index contributed by atoms with van der Waals surface area (Å²) in [6, 6.07) is 10.0. The molecule has 0 radical (unpaired) electrons. The summed E-state index contributed by atoms with van der Waals surface area (Å²) in [5.41, 5.74) is 2.22. The lowest BCUT2D eigenvalue weighted by atomic mass is 10.2. The second-order valence-corrected chi connectivity index (χ2v) is 9.79. The number of aromatic nitrogens is 4. The van der Waals surface area contributed by atoms with Crippen molar-refractivity contribution in [2.75, 3.05) is 46.3 Å². The summed E-state index contributed by atoms with van der Waals surface area (Å²) in [7, 11) is 1.93. The smallest absolute Gasteiger partial charge is 0.232 e. The zero-order valence-electron chi connectivity index (χ0n) is 19.0. The van der Waals surface area contributed by atoms with E-state index in [1.165, 1.54) is 11.2 Å². The third kappa shape index (κ3) is 5.11. The molecule has 4 rings (SSSR count). The van der Waals surface area contributed by atoms with Gasteiger partial charge in [-0.25, -0.2) is 15.0 Å². The number of fused-ring (bicyclic) bond motifs is 1. The van der Waals surface area contributed by atoms with E-state index in [0.717, 1.165) is 5.56 Å². The molecule has 0 bridgehead atoms. The number of rotatable bonds is 7. The minimum Gasteiger partial charge on any atom is -0.616 e. The first-order chi connectivity index (χ1) is 15.8. The van der Waals surface area contributed by atoms with Crippen molar-refractivity contribution in [2.45, 2.75) is 32.8 Å². The molecular weight excluding hydrogens is 442 g/mol. The average molecular weight is 472 g/mol. The van der Waals surface area contributed by atoms with Gasteiger partial charge in [-0.05, 0) is 19.4 Å². The van der Waals surface area contributed by atoms with E-state index in [9.17, 15) is 14.8 Å². The first kappa shape index (κ1) is 23.4. The van der Waals surface area contributed by atoms with E-state index in [4.69, 9.17) is 4.98 Å². The molecule has 2 N–H and O–H groups in total. The Morgan fingerprint density at radius 1 is 1.03 bits per heavy atom. The minimum atomic E-state index is -1.01. The van der Waals surface area contributed by atoms with Gasteiger partial charge in [-0.2, -0.15) is 4.98 Å². The normalized spacial score (nSPS) is 16.6. The molecule has 0 saturated carbocycles. The largest absolute Gasteiger partial charge is 0.616 e. The maximum absolute atomic E-state index is 11.9. The van der Waals surface area contributed by atoms with Crippen molar-refractivity contribution in [1.29, 1.82) is 0 Å². The highest BCUT2D eigenvalue weighted by Crippen LogP contribution is 2.31. The van der Waals surface area contributed by atoms with Crippen LogP contribution in [-0.4, -0.2) is 78.8 Å². The first-order valence-electron chi connectivity index (χ1n) is 10.9. The first-order valence-corrected chi connectivity index (χ1v) is 12.4. The molecule has 1 saturated heterocycles. The fraction of sp³-hybridized carbons (Fsp3) is 0.455. The van der Waals surface area contributed by atoms with E-state index in [1.54, 1.807) is 13.8 Å². The monoisotopic (exact) mass is 471 g/mol. The van der Waals surface area contributed by atoms with Crippen molar-refractivity contribution in [1.82, 2.24) is 19.9 Å². The summed E-state index contributed by atoms with van der Waals surface area (Å²) in [6.45, 7) is 4.85. The summed E-state index contributed by atoms with van der Waals surface area (Å²) in [6.07, 6.45) is -0.534. The predicted octanol–water partition coefficient (Wildman–Crippen LogP) is 1.11. The van der Waals surface area contributed by atoms with Crippen molar-refractivity contribution in [2.24, 2.45) is 0 Å². The lowest BCUT2D eigenvalue weighted by Gasteiger charge is -2.32. The lowest BCUT2D eigenvalue weighted by Crippen LogP contribution is -2.43. The standard InChI is InChI=1S/C22H29N7O3S/c1-15(30)29(16(2)31)22-25-19-18(21(26-22)28-9-11-33(32)12-10-28)23-14-24-20(19)27(3)13-17-7-5-4-6-8-17/h4-8,14-16,30-31H,9-13H2,1-3H3. The number of anilines is 3. The number of hydrogen-bond acceptors (Lipinski definition) is 10. The zero-order chi connectivity index (χ0) is 23.5. The Morgan fingerprint density at radius 3 is 2.33 bits per heavy atom. The third-order valence-electron chi connectivity index (χ3n) is 5.57. The van der Waals surface area contributed by atoms with Crippen LogP contribution in [0.5, 0.6) is 0 Å². The van der Waals surface area contributed by atoms with E-state index < -0.39 is 23.6 Å². The zero-order valence-corrected chi connectivity index (χ0v) is 19.8. The molecule has 10 nitrogen and oxygen atoms in total. The number of aliphatic hydroxyl groups is 2. The van der Waals surface area contributed by atoms with Gasteiger partial charge in [0.15, 0.2) is 11.6 Å². The lowest BCUT2D eigenvalue weighted by molar-refractivity contribution is 0.103. The van der Waals surface area contributed by atoms with Crippen LogP contribution in [-0.2, 0) is 17.7 Å². The molecule has 0 aliphatic carbocycles. The highest BCUT2D eigenvalue weighted by atomic mass is 32.2. The molecule has 1 aromatic carbocycles. The Bertz CT molecular complexity index is 1070. The molecule has 2 unspecified atom stereocenters. The number of benzene rings is 1. The van der Waals surface area contributed by atoms with E-state index in [2.05, 4.69) is 15.0 Å². The second kappa shape index (κ2) is 10.0. The van der Waals surface area contributed by atoms with Gasteiger partial charge in [-0.1, -0.05) is 41.5 Å². The van der Waals surface area contributed by atoms with E-state index in [0.29, 0.717) is 53.8 Å². The molecule has 2 aromatic heterocycles. The van der Waals surface area contributed by atoms with Gasteiger partial charge in [0.05, 0.1) is 13.1 Å². The third-order valence-corrected chi connectivity index (χ3v) is 6.85. The van der Waals surface area contributed by atoms with Crippen LogP contribution in [0.3, 0.4) is 0 Å². The number of aliphatic hydroxyl groups excluding tert-OH is 2. The van der Waals surface area contributed by atoms with Gasteiger partial charge in [0.1, 0.15) is 41.3 Å². The van der Waals surface area contributed by atoms with Gasteiger partial charge in [0.2, 0.25) is 5.95 Å². The molecule has 176 valence electrons.